The quantitative estimate of drug-likeness (QED) is 0.527. The van der Waals surface area contributed by atoms with Crippen LogP contribution in [0.5, 0.6) is 0 Å². The van der Waals surface area contributed by atoms with Crippen LogP contribution in [0.25, 0.3) is 0 Å². The number of amides is 2. The smallest absolute Gasteiger partial charge is 0.312 e. The van der Waals surface area contributed by atoms with E-state index in [-0.39, 0.29) is 19.1 Å². The molecule has 3 saturated heterocycles. The Bertz CT molecular complexity index is 1140. The molecule has 0 unspecified atom stereocenters. The summed E-state index contributed by atoms with van der Waals surface area (Å²) in [6.07, 6.45) is 0.883. The van der Waals surface area contributed by atoms with Gasteiger partial charge in [0.2, 0.25) is 11.8 Å². The zero-order valence-corrected chi connectivity index (χ0v) is 20.7. The minimum atomic E-state index is -1.17. The molecule has 5 rings (SSSR count). The van der Waals surface area contributed by atoms with E-state index in [0.717, 1.165) is 5.56 Å². The van der Waals surface area contributed by atoms with Gasteiger partial charge in [0.25, 0.3) is 0 Å². The zero-order chi connectivity index (χ0) is 25.4. The van der Waals surface area contributed by atoms with Crippen LogP contribution in [0.4, 0.5) is 5.69 Å². The number of carbonyl (C=O) groups is 3. The van der Waals surface area contributed by atoms with Crippen LogP contribution in [-0.2, 0) is 30.3 Å². The van der Waals surface area contributed by atoms with E-state index in [1.165, 1.54) is 4.90 Å². The monoisotopic (exact) mass is 512 g/mol. The van der Waals surface area contributed by atoms with Crippen molar-refractivity contribution in [1.82, 2.24) is 4.90 Å². The van der Waals surface area contributed by atoms with E-state index in [0.29, 0.717) is 30.0 Å². The number of aliphatic hydroxyl groups excluding tert-OH is 1. The molecule has 36 heavy (non-hydrogen) atoms. The standard InChI is InChI=1S/C27H29ClN2O6/c1-2-35-26(34)21-20-12-13-27(36-20)22(21)25(33)30(19(15-31)14-16-6-4-3-5-7-16)23(27)24(32)29-18-10-8-17(28)9-11-18/h3-11,19-23,31H,2,12-15H2,1H3,(H,29,32)/t19-,20+,21-,22-,23+,27-/m1/s1. The molecule has 9 heteroatoms. The number of carbonyl (C=O) groups excluding carboxylic acids is 3. The number of likely N-dealkylation sites (tertiary alicyclic amines) is 1. The molecule has 2 bridgehead atoms. The number of halogens is 1. The van der Waals surface area contributed by atoms with Gasteiger partial charge in [-0.1, -0.05) is 41.9 Å². The molecular formula is C27H29ClN2O6. The average molecular weight is 513 g/mol. The summed E-state index contributed by atoms with van der Waals surface area (Å²) < 4.78 is 11.7. The predicted octanol–water partition coefficient (Wildman–Crippen LogP) is 2.82. The van der Waals surface area contributed by atoms with Gasteiger partial charge in [0.15, 0.2) is 0 Å². The molecule has 0 aliphatic carbocycles. The summed E-state index contributed by atoms with van der Waals surface area (Å²) >= 11 is 5.99. The van der Waals surface area contributed by atoms with Crippen LogP contribution in [0.2, 0.25) is 5.02 Å². The topological polar surface area (TPSA) is 105 Å². The van der Waals surface area contributed by atoms with E-state index in [2.05, 4.69) is 5.32 Å². The van der Waals surface area contributed by atoms with Gasteiger partial charge in [-0.15, -0.1) is 0 Å². The largest absolute Gasteiger partial charge is 0.466 e. The summed E-state index contributed by atoms with van der Waals surface area (Å²) in [5, 5.41) is 13.8. The second-order valence-corrected chi connectivity index (χ2v) is 10.0. The minimum Gasteiger partial charge on any atom is -0.466 e. The van der Waals surface area contributed by atoms with Crippen LogP contribution in [0.15, 0.2) is 54.6 Å². The number of nitrogens with one attached hydrogen (secondary N) is 1. The molecule has 2 amide bonds. The SMILES string of the molecule is CCOC(=O)[C@@H]1[C@@H]2CC[C@]3(O2)[C@H](C(=O)Nc2ccc(Cl)cc2)N([C@@H](CO)Cc2ccccc2)C(=O)[C@@H]13. The number of ether oxygens (including phenoxy) is 2. The molecule has 8 nitrogen and oxygen atoms in total. The number of aliphatic hydroxyl groups is 1. The van der Waals surface area contributed by atoms with Crippen LogP contribution >= 0.6 is 11.6 Å². The Labute approximate surface area is 214 Å². The van der Waals surface area contributed by atoms with Crippen molar-refractivity contribution in [3.8, 4) is 0 Å². The Hall–Kier alpha value is -2.94. The molecule has 3 aliphatic heterocycles. The van der Waals surface area contributed by atoms with E-state index < -0.39 is 47.5 Å². The number of fused-ring (bicyclic) bond motifs is 1. The fourth-order valence-electron chi connectivity index (χ4n) is 6.17. The van der Waals surface area contributed by atoms with Crippen molar-refractivity contribution in [2.75, 3.05) is 18.5 Å². The maximum absolute atomic E-state index is 14.0. The third-order valence-electron chi connectivity index (χ3n) is 7.58. The lowest BCUT2D eigenvalue weighted by Gasteiger charge is -2.36. The summed E-state index contributed by atoms with van der Waals surface area (Å²) in [6.45, 7) is 1.56. The first-order valence-electron chi connectivity index (χ1n) is 12.3. The van der Waals surface area contributed by atoms with Crippen molar-refractivity contribution < 1.29 is 29.0 Å². The second kappa shape index (κ2) is 9.84. The number of esters is 1. The van der Waals surface area contributed by atoms with Gasteiger partial charge in [0.05, 0.1) is 37.2 Å². The van der Waals surface area contributed by atoms with Gasteiger partial charge in [0.1, 0.15) is 11.6 Å². The van der Waals surface area contributed by atoms with Crippen LogP contribution < -0.4 is 5.32 Å². The van der Waals surface area contributed by atoms with Crippen LogP contribution in [0, 0.1) is 11.8 Å². The fraction of sp³-hybridized carbons (Fsp3) is 0.444. The minimum absolute atomic E-state index is 0.188. The Morgan fingerprint density at radius 3 is 2.61 bits per heavy atom. The molecule has 0 saturated carbocycles. The normalized spacial score (nSPS) is 29.2. The molecule has 3 heterocycles. The molecule has 2 aromatic carbocycles. The number of hydrogen-bond donors (Lipinski definition) is 2. The number of hydrogen-bond acceptors (Lipinski definition) is 6. The average Bonchev–Trinajstić information content (AvgIpc) is 3.52. The Balaban J connectivity index is 1.53. The van der Waals surface area contributed by atoms with Gasteiger partial charge in [-0.3, -0.25) is 14.4 Å². The molecular weight excluding hydrogens is 484 g/mol. The molecule has 1 spiro atoms. The summed E-state index contributed by atoms with van der Waals surface area (Å²) in [5.74, 6) is -2.89. The molecule has 190 valence electrons. The summed E-state index contributed by atoms with van der Waals surface area (Å²) in [7, 11) is 0. The lowest BCUT2D eigenvalue weighted by Crippen LogP contribution is -2.56. The van der Waals surface area contributed by atoms with Gasteiger partial charge >= 0.3 is 5.97 Å². The first-order chi connectivity index (χ1) is 17.4. The maximum atomic E-state index is 14.0. The predicted molar refractivity (Wildman–Crippen MR) is 132 cm³/mol. The van der Waals surface area contributed by atoms with E-state index in [9.17, 15) is 19.5 Å². The Kier molecular flexibility index (Phi) is 6.76. The zero-order valence-electron chi connectivity index (χ0n) is 19.9. The summed E-state index contributed by atoms with van der Waals surface area (Å²) in [4.78, 5) is 42.2. The highest BCUT2D eigenvalue weighted by molar-refractivity contribution is 6.30. The third kappa shape index (κ3) is 4.07. The molecule has 3 aliphatic rings. The molecule has 0 radical (unpaired) electrons. The maximum Gasteiger partial charge on any atom is 0.312 e. The van der Waals surface area contributed by atoms with Crippen molar-refractivity contribution in [2.45, 2.75) is 50.0 Å². The lowest BCUT2D eigenvalue weighted by molar-refractivity contribution is -0.155. The highest BCUT2D eigenvalue weighted by Gasteiger charge is 2.75. The highest BCUT2D eigenvalue weighted by Crippen LogP contribution is 2.59. The van der Waals surface area contributed by atoms with Crippen molar-refractivity contribution in [3.63, 3.8) is 0 Å². The second-order valence-electron chi connectivity index (χ2n) is 9.58. The summed E-state index contributed by atoms with van der Waals surface area (Å²) in [6, 6.07) is 14.5. The van der Waals surface area contributed by atoms with Gasteiger partial charge in [-0.25, -0.2) is 0 Å². The van der Waals surface area contributed by atoms with Gasteiger partial charge < -0.3 is 24.8 Å². The first-order valence-corrected chi connectivity index (χ1v) is 12.6. The molecule has 6 atom stereocenters. The summed E-state index contributed by atoms with van der Waals surface area (Å²) in [5.41, 5.74) is 0.275. The van der Waals surface area contributed by atoms with Gasteiger partial charge in [-0.2, -0.15) is 0 Å². The van der Waals surface area contributed by atoms with Crippen molar-refractivity contribution in [3.05, 3.63) is 65.2 Å². The highest BCUT2D eigenvalue weighted by atomic mass is 35.5. The van der Waals surface area contributed by atoms with E-state index in [4.69, 9.17) is 21.1 Å². The number of rotatable bonds is 8. The third-order valence-corrected chi connectivity index (χ3v) is 7.83. The first kappa shape index (κ1) is 24.7. The molecule has 0 aromatic heterocycles. The van der Waals surface area contributed by atoms with Crippen molar-refractivity contribution >= 4 is 35.1 Å². The Morgan fingerprint density at radius 1 is 1.22 bits per heavy atom. The molecule has 2 aromatic rings. The van der Waals surface area contributed by atoms with Gasteiger partial charge in [-0.05, 0) is 56.0 Å². The number of anilines is 1. The number of benzene rings is 2. The Morgan fingerprint density at radius 2 is 1.94 bits per heavy atom. The number of nitrogens with zero attached hydrogens (tertiary/aromatic N) is 1. The van der Waals surface area contributed by atoms with Crippen LogP contribution in [0.3, 0.4) is 0 Å². The molecule has 3 fully saturated rings. The molecule has 2 N–H and O–H groups in total. The van der Waals surface area contributed by atoms with E-state index >= 15 is 0 Å². The van der Waals surface area contributed by atoms with E-state index in [1.807, 2.05) is 30.3 Å². The van der Waals surface area contributed by atoms with Crippen molar-refractivity contribution in [1.29, 1.82) is 0 Å². The van der Waals surface area contributed by atoms with Crippen LogP contribution in [-0.4, -0.2) is 64.8 Å². The fourth-order valence-corrected chi connectivity index (χ4v) is 6.30. The van der Waals surface area contributed by atoms with E-state index in [1.54, 1.807) is 31.2 Å². The van der Waals surface area contributed by atoms with Crippen LogP contribution in [0.1, 0.15) is 25.3 Å². The lowest BCUT2D eigenvalue weighted by atomic mass is 9.70. The van der Waals surface area contributed by atoms with Gasteiger partial charge in [0, 0.05) is 10.7 Å². The van der Waals surface area contributed by atoms with Crippen molar-refractivity contribution in [2.24, 2.45) is 11.8 Å².